The molecule has 1 unspecified atom stereocenters. The number of aryl methyl sites for hydroxylation is 1. The number of nitrogens with one attached hydrogen (secondary N) is 1. The number of pyridine rings is 1. The first-order valence-electron chi connectivity index (χ1n) is 12.0. The lowest BCUT2D eigenvalue weighted by Gasteiger charge is -2.19. The van der Waals surface area contributed by atoms with E-state index in [1.807, 2.05) is 11.5 Å². The summed E-state index contributed by atoms with van der Waals surface area (Å²) < 4.78 is 13.2. The van der Waals surface area contributed by atoms with E-state index in [9.17, 15) is 9.90 Å². The number of alkyl carbamates (subject to hydrolysis) is 1. The van der Waals surface area contributed by atoms with Crippen molar-refractivity contribution in [1.82, 2.24) is 19.9 Å². The molecular weight excluding hydrogens is 478 g/mol. The summed E-state index contributed by atoms with van der Waals surface area (Å²) in [6, 6.07) is -0.465. The number of imidazole rings is 1. The number of carbonyl (C=O) groups excluding carboxylic acids is 1. The van der Waals surface area contributed by atoms with Crippen LogP contribution in [0, 0.1) is 11.8 Å². The predicted octanol–water partition coefficient (Wildman–Crippen LogP) is 2.55. The van der Waals surface area contributed by atoms with Crippen LogP contribution < -0.4 is 16.0 Å². The minimum atomic E-state index is -1.22. The largest absolute Gasteiger partial charge is 0.490 e. The molecule has 0 aromatic carbocycles. The lowest BCUT2D eigenvalue weighted by molar-refractivity contribution is 0.0525. The number of hydrogen-bond donors (Lipinski definition) is 3. The van der Waals surface area contributed by atoms with Gasteiger partial charge in [-0.25, -0.2) is 14.8 Å². The van der Waals surface area contributed by atoms with Gasteiger partial charge in [-0.1, -0.05) is 11.1 Å². The second-order valence-electron chi connectivity index (χ2n) is 9.73. The molecular formula is C25H37N7O5. The molecule has 0 fully saturated rings. The first kappa shape index (κ1) is 29.5. The Balaban J connectivity index is 2.44. The van der Waals surface area contributed by atoms with Gasteiger partial charge < -0.3 is 29.4 Å². The fourth-order valence-electron chi connectivity index (χ4n) is 3.23. The van der Waals surface area contributed by atoms with Crippen molar-refractivity contribution in [2.45, 2.75) is 78.7 Å². The molecule has 2 aromatic rings. The third kappa shape index (κ3) is 8.44. The van der Waals surface area contributed by atoms with Crippen molar-refractivity contribution in [1.29, 1.82) is 0 Å². The van der Waals surface area contributed by atoms with E-state index in [-0.39, 0.29) is 0 Å². The lowest BCUT2D eigenvalue weighted by Crippen LogP contribution is -2.33. The lowest BCUT2D eigenvalue weighted by atomic mass is 10.1. The van der Waals surface area contributed by atoms with Gasteiger partial charge >= 0.3 is 6.09 Å². The Labute approximate surface area is 217 Å². The summed E-state index contributed by atoms with van der Waals surface area (Å²) in [6.45, 7) is 17.0. The number of nitrogens with zero attached hydrogens (tertiary/aromatic N) is 5. The molecule has 0 aliphatic carbocycles. The van der Waals surface area contributed by atoms with Gasteiger partial charge in [-0.15, -0.1) is 5.90 Å². The maximum atomic E-state index is 11.9. The van der Waals surface area contributed by atoms with Gasteiger partial charge in [-0.3, -0.25) is 4.99 Å². The fourth-order valence-corrected chi connectivity index (χ4v) is 3.23. The highest BCUT2D eigenvalue weighted by molar-refractivity contribution is 6.04. The molecule has 0 radical (unpaired) electrons. The van der Waals surface area contributed by atoms with Crippen molar-refractivity contribution in [3.63, 3.8) is 0 Å². The zero-order chi connectivity index (χ0) is 27.8. The van der Waals surface area contributed by atoms with Crippen LogP contribution in [0.4, 0.5) is 4.79 Å². The van der Waals surface area contributed by atoms with Crippen molar-refractivity contribution in [2.24, 2.45) is 16.0 Å². The molecule has 0 aliphatic rings. The summed E-state index contributed by atoms with van der Waals surface area (Å²) in [5.41, 5.74) is 0.0235. The third-order valence-electron chi connectivity index (χ3n) is 4.84. The molecule has 0 aliphatic heterocycles. The number of aliphatic hydroxyl groups is 1. The number of carbonyl (C=O) groups is 1. The van der Waals surface area contributed by atoms with E-state index >= 15 is 0 Å². The average molecular weight is 516 g/mol. The topological polar surface area (TPSA) is 158 Å². The molecule has 2 heterocycles. The molecule has 1 atom stereocenters. The molecule has 202 valence electrons. The molecule has 12 nitrogen and oxygen atoms in total. The highest BCUT2D eigenvalue weighted by atomic mass is 16.7. The molecule has 4 N–H and O–H groups in total. The van der Waals surface area contributed by atoms with Crippen LogP contribution in [0.1, 0.15) is 66.4 Å². The van der Waals surface area contributed by atoms with Gasteiger partial charge in [0.1, 0.15) is 33.6 Å². The van der Waals surface area contributed by atoms with Crippen LogP contribution in [-0.4, -0.2) is 68.6 Å². The second-order valence-corrected chi connectivity index (χ2v) is 9.73. The molecule has 0 spiro atoms. The van der Waals surface area contributed by atoms with Crippen molar-refractivity contribution in [3.05, 3.63) is 17.7 Å². The van der Waals surface area contributed by atoms with Crippen LogP contribution in [0.15, 0.2) is 16.3 Å². The molecule has 0 saturated heterocycles. The number of aromatic nitrogens is 3. The predicted molar refractivity (Wildman–Crippen MR) is 142 cm³/mol. The fraction of sp³-hybridized carbons (Fsp3) is 0.560. The van der Waals surface area contributed by atoms with Gasteiger partial charge in [0, 0.05) is 13.1 Å². The highest BCUT2D eigenvalue weighted by Crippen LogP contribution is 2.29. The SMILES string of the molecule is C=NC(C)/C(=N\ON)c1nc2c(C#CC(C)(C)O)ncc(OCCCNC(=O)OC(C)(C)C)c2n1CC. The van der Waals surface area contributed by atoms with Crippen LogP contribution in [-0.2, 0) is 16.2 Å². The zero-order valence-electron chi connectivity index (χ0n) is 22.6. The van der Waals surface area contributed by atoms with E-state index in [1.165, 1.54) is 0 Å². The minimum Gasteiger partial charge on any atom is -0.490 e. The molecule has 0 bridgehead atoms. The summed E-state index contributed by atoms with van der Waals surface area (Å²) in [7, 11) is 0. The van der Waals surface area contributed by atoms with Gasteiger partial charge in [0.05, 0.1) is 18.8 Å². The smallest absolute Gasteiger partial charge is 0.407 e. The number of aliphatic imine (C=N–C) groups is 1. The Morgan fingerprint density at radius 3 is 2.62 bits per heavy atom. The molecule has 0 saturated carbocycles. The summed E-state index contributed by atoms with van der Waals surface area (Å²) >= 11 is 0. The first-order valence-corrected chi connectivity index (χ1v) is 12.0. The number of hydrogen-bond acceptors (Lipinski definition) is 10. The first-order chi connectivity index (χ1) is 17.3. The van der Waals surface area contributed by atoms with Crippen LogP contribution >= 0.6 is 0 Å². The monoisotopic (exact) mass is 515 g/mol. The van der Waals surface area contributed by atoms with Crippen LogP contribution in [0.25, 0.3) is 11.0 Å². The molecule has 12 heteroatoms. The standard InChI is InChI=1S/C25H37N7O5/c1-9-32-21-18(35-14-10-13-28-23(33)36-24(3,4)5)15-29-17(11-12-25(6,7)34)20(21)30-22(32)19(31-37-26)16(2)27-8/h15-16,34H,8-10,13-14,26H2,1-7H3,(H,28,33)/b31-19+. The van der Waals surface area contributed by atoms with E-state index in [4.69, 9.17) is 20.4 Å². The van der Waals surface area contributed by atoms with Crippen LogP contribution in [0.2, 0.25) is 0 Å². The van der Waals surface area contributed by atoms with E-state index in [2.05, 4.69) is 43.9 Å². The van der Waals surface area contributed by atoms with Crippen molar-refractivity contribution in [3.8, 4) is 17.6 Å². The second kappa shape index (κ2) is 12.5. The Morgan fingerprint density at radius 1 is 1.35 bits per heavy atom. The summed E-state index contributed by atoms with van der Waals surface area (Å²) in [6.07, 6.45) is 1.60. The summed E-state index contributed by atoms with van der Waals surface area (Å²) in [4.78, 5) is 29.6. The Hall–Kier alpha value is -3.69. The quantitative estimate of drug-likeness (QED) is 0.188. The Bertz CT molecular complexity index is 1200. The van der Waals surface area contributed by atoms with Gasteiger partial charge in [-0.2, -0.15) is 0 Å². The van der Waals surface area contributed by atoms with Gasteiger partial charge in [0.2, 0.25) is 0 Å². The summed E-state index contributed by atoms with van der Waals surface area (Å²) in [5, 5.41) is 16.7. The molecule has 1 amide bonds. The van der Waals surface area contributed by atoms with E-state index in [0.717, 1.165) is 0 Å². The van der Waals surface area contributed by atoms with E-state index < -0.39 is 23.3 Å². The number of amides is 1. The normalized spacial score (nSPS) is 12.9. The van der Waals surface area contributed by atoms with Crippen molar-refractivity contribution in [2.75, 3.05) is 13.2 Å². The van der Waals surface area contributed by atoms with E-state index in [0.29, 0.717) is 60.1 Å². The maximum Gasteiger partial charge on any atom is 0.407 e. The number of nitrogens with two attached hydrogens (primary N) is 1. The van der Waals surface area contributed by atoms with Crippen molar-refractivity contribution < 1.29 is 24.3 Å². The number of fused-ring (bicyclic) bond motifs is 1. The number of rotatable bonds is 10. The van der Waals surface area contributed by atoms with Crippen molar-refractivity contribution >= 4 is 29.6 Å². The summed E-state index contributed by atoms with van der Waals surface area (Å²) in [5.74, 6) is 11.8. The van der Waals surface area contributed by atoms with E-state index in [1.54, 1.807) is 47.7 Å². The molecule has 2 aromatic heterocycles. The third-order valence-corrected chi connectivity index (χ3v) is 4.84. The van der Waals surface area contributed by atoms with Gasteiger partial charge in [-0.05, 0) is 67.5 Å². The van der Waals surface area contributed by atoms with Gasteiger partial charge in [0.15, 0.2) is 11.6 Å². The Kier molecular flexibility index (Phi) is 9.99. The molecule has 37 heavy (non-hydrogen) atoms. The maximum absolute atomic E-state index is 11.9. The average Bonchev–Trinajstić information content (AvgIpc) is 3.19. The zero-order valence-corrected chi connectivity index (χ0v) is 22.6. The molecule has 2 rings (SSSR count). The minimum absolute atomic E-state index is 0.295. The van der Waals surface area contributed by atoms with Gasteiger partial charge in [0.25, 0.3) is 0 Å². The highest BCUT2D eigenvalue weighted by Gasteiger charge is 2.25. The number of oxime groups is 1. The van der Waals surface area contributed by atoms with Crippen LogP contribution in [0.3, 0.4) is 0 Å². The van der Waals surface area contributed by atoms with Crippen LogP contribution in [0.5, 0.6) is 5.75 Å². The Morgan fingerprint density at radius 2 is 2.05 bits per heavy atom. The number of ether oxygens (including phenoxy) is 2.